The highest BCUT2D eigenvalue weighted by atomic mass is 32.2. The number of carbonyl (C=O) groups is 2. The number of anilines is 2. The van der Waals surface area contributed by atoms with E-state index in [1.165, 1.54) is 11.8 Å². The van der Waals surface area contributed by atoms with Crippen LogP contribution in [0.5, 0.6) is 0 Å². The molecular weight excluding hydrogens is 370 g/mol. The Hall–Kier alpha value is -2.73. The molecule has 3 aromatic rings. The Morgan fingerprint density at radius 2 is 1.71 bits per heavy atom. The monoisotopic (exact) mass is 395 g/mol. The van der Waals surface area contributed by atoms with Crippen molar-refractivity contribution < 1.29 is 9.59 Å². The fraction of sp³-hybridized carbons (Fsp3) is 0.273. The summed E-state index contributed by atoms with van der Waals surface area (Å²) in [7, 11) is 0. The molecule has 0 spiro atoms. The number of hydrogen-bond donors (Lipinski definition) is 3. The number of nitrogens with one attached hydrogen (secondary N) is 3. The van der Waals surface area contributed by atoms with Crippen molar-refractivity contribution >= 4 is 45.9 Å². The first-order valence-corrected chi connectivity index (χ1v) is 10.2. The summed E-state index contributed by atoms with van der Waals surface area (Å²) >= 11 is 1.44. The van der Waals surface area contributed by atoms with Crippen LogP contribution in [0.25, 0.3) is 10.9 Å². The van der Waals surface area contributed by atoms with Crippen LogP contribution in [0.1, 0.15) is 27.2 Å². The van der Waals surface area contributed by atoms with Gasteiger partial charge in [-0.15, -0.1) is 11.8 Å². The van der Waals surface area contributed by atoms with E-state index in [1.807, 2.05) is 75.5 Å². The van der Waals surface area contributed by atoms with Crippen LogP contribution in [0, 0.1) is 5.41 Å². The third-order valence-electron chi connectivity index (χ3n) is 4.02. The molecule has 0 aliphatic carbocycles. The first-order chi connectivity index (χ1) is 13.3. The van der Waals surface area contributed by atoms with Gasteiger partial charge < -0.3 is 15.6 Å². The molecule has 0 bridgehead atoms. The van der Waals surface area contributed by atoms with Crippen LogP contribution in [-0.4, -0.2) is 22.6 Å². The van der Waals surface area contributed by atoms with Gasteiger partial charge in [0.15, 0.2) is 0 Å². The van der Waals surface area contributed by atoms with Crippen molar-refractivity contribution in [1.29, 1.82) is 0 Å². The largest absolute Gasteiger partial charge is 0.361 e. The summed E-state index contributed by atoms with van der Waals surface area (Å²) in [6.45, 7) is 6.10. The quantitative estimate of drug-likeness (QED) is 0.498. The predicted molar refractivity (Wildman–Crippen MR) is 117 cm³/mol. The second-order valence-corrected chi connectivity index (χ2v) is 8.98. The lowest BCUT2D eigenvalue weighted by molar-refractivity contribution is -0.118. The summed E-state index contributed by atoms with van der Waals surface area (Å²) in [6, 6.07) is 15.3. The molecular formula is C22H25N3O2S. The highest BCUT2D eigenvalue weighted by Crippen LogP contribution is 2.24. The number of H-pyrrole nitrogens is 1. The van der Waals surface area contributed by atoms with E-state index in [0.29, 0.717) is 12.2 Å². The number of rotatable bonds is 6. The Morgan fingerprint density at radius 3 is 2.50 bits per heavy atom. The van der Waals surface area contributed by atoms with Crippen LogP contribution in [-0.2, 0) is 9.59 Å². The van der Waals surface area contributed by atoms with Gasteiger partial charge in [-0.1, -0.05) is 32.9 Å². The molecule has 0 saturated heterocycles. The second-order valence-electron chi connectivity index (χ2n) is 7.93. The summed E-state index contributed by atoms with van der Waals surface area (Å²) in [5, 5.41) is 6.95. The van der Waals surface area contributed by atoms with Crippen LogP contribution in [0.15, 0.2) is 59.6 Å². The average Bonchev–Trinajstić information content (AvgIpc) is 3.06. The first kappa shape index (κ1) is 20.0. The zero-order chi connectivity index (χ0) is 20.1. The molecule has 2 amide bonds. The van der Waals surface area contributed by atoms with E-state index in [4.69, 9.17) is 0 Å². The van der Waals surface area contributed by atoms with Gasteiger partial charge in [0.2, 0.25) is 11.8 Å². The Kier molecular flexibility index (Phi) is 6.09. The van der Waals surface area contributed by atoms with Crippen molar-refractivity contribution in [1.82, 2.24) is 4.98 Å². The Bertz CT molecular complexity index is 989. The van der Waals surface area contributed by atoms with Crippen LogP contribution in [0.2, 0.25) is 0 Å². The van der Waals surface area contributed by atoms with Gasteiger partial charge in [-0.3, -0.25) is 9.59 Å². The molecule has 2 aromatic carbocycles. The van der Waals surface area contributed by atoms with E-state index in [9.17, 15) is 9.59 Å². The molecule has 3 N–H and O–H groups in total. The number of carbonyl (C=O) groups excluding carboxylic acids is 2. The molecule has 0 radical (unpaired) electrons. The normalized spacial score (nSPS) is 11.4. The summed E-state index contributed by atoms with van der Waals surface area (Å²) in [6.07, 6.45) is 2.33. The number of thioether (sulfide) groups is 1. The lowest BCUT2D eigenvalue weighted by Gasteiger charge is -2.17. The molecule has 1 heterocycles. The minimum atomic E-state index is -0.0712. The van der Waals surface area contributed by atoms with Crippen molar-refractivity contribution in [2.45, 2.75) is 32.1 Å². The minimum absolute atomic E-state index is 0.00731. The Balaban J connectivity index is 1.53. The third-order valence-corrected chi connectivity index (χ3v) is 5.01. The van der Waals surface area contributed by atoms with Crippen molar-refractivity contribution in [3.8, 4) is 0 Å². The molecule has 3 rings (SSSR count). The van der Waals surface area contributed by atoms with Crippen molar-refractivity contribution in [2.75, 3.05) is 16.4 Å². The highest BCUT2D eigenvalue weighted by Gasteiger charge is 2.16. The van der Waals surface area contributed by atoms with E-state index >= 15 is 0 Å². The predicted octanol–water partition coefficient (Wildman–Crippen LogP) is 5.27. The lowest BCUT2D eigenvalue weighted by Crippen LogP contribution is -2.19. The molecule has 0 saturated carbocycles. The van der Waals surface area contributed by atoms with Gasteiger partial charge in [-0.05, 0) is 47.2 Å². The fourth-order valence-corrected chi connectivity index (χ4v) is 3.58. The molecule has 6 heteroatoms. The third kappa shape index (κ3) is 5.89. The Morgan fingerprint density at radius 1 is 0.964 bits per heavy atom. The van der Waals surface area contributed by atoms with Gasteiger partial charge in [0.1, 0.15) is 0 Å². The van der Waals surface area contributed by atoms with Gasteiger partial charge in [0, 0.05) is 34.4 Å². The van der Waals surface area contributed by atoms with E-state index in [0.717, 1.165) is 27.2 Å². The molecule has 28 heavy (non-hydrogen) atoms. The molecule has 0 aliphatic rings. The zero-order valence-corrected chi connectivity index (χ0v) is 17.2. The van der Waals surface area contributed by atoms with Crippen molar-refractivity contribution in [2.24, 2.45) is 5.41 Å². The maximum atomic E-state index is 12.3. The van der Waals surface area contributed by atoms with Gasteiger partial charge in [0.05, 0.1) is 5.75 Å². The van der Waals surface area contributed by atoms with Gasteiger partial charge in [-0.2, -0.15) is 0 Å². The van der Waals surface area contributed by atoms with Gasteiger partial charge in [-0.25, -0.2) is 0 Å². The lowest BCUT2D eigenvalue weighted by atomic mass is 9.92. The molecule has 0 aliphatic heterocycles. The van der Waals surface area contributed by atoms with Crippen LogP contribution < -0.4 is 10.6 Å². The molecule has 146 valence electrons. The summed E-state index contributed by atoms with van der Waals surface area (Å²) in [5.41, 5.74) is 2.45. The van der Waals surface area contributed by atoms with E-state index in [2.05, 4.69) is 15.6 Å². The number of benzene rings is 2. The molecule has 0 atom stereocenters. The smallest absolute Gasteiger partial charge is 0.234 e. The number of aromatic amines is 1. The summed E-state index contributed by atoms with van der Waals surface area (Å²) < 4.78 is 0. The van der Waals surface area contributed by atoms with E-state index in [-0.39, 0.29) is 17.2 Å². The average molecular weight is 396 g/mol. The van der Waals surface area contributed by atoms with Crippen molar-refractivity contribution in [3.63, 3.8) is 0 Å². The first-order valence-electron chi connectivity index (χ1n) is 9.18. The van der Waals surface area contributed by atoms with E-state index in [1.54, 1.807) is 0 Å². The van der Waals surface area contributed by atoms with E-state index < -0.39 is 0 Å². The minimum Gasteiger partial charge on any atom is -0.361 e. The number of amides is 2. The molecule has 0 unspecified atom stereocenters. The van der Waals surface area contributed by atoms with Gasteiger partial charge in [0.25, 0.3) is 0 Å². The standard InChI is InChI=1S/C22H25N3O2S/c1-22(2,3)13-20(26)24-16-5-4-6-18(11-16)28-14-21(27)25-17-8-7-15-9-10-23-19(15)12-17/h4-12,23H,13-14H2,1-3H3,(H,24,26)(H,25,27). The van der Waals surface area contributed by atoms with Gasteiger partial charge >= 0.3 is 0 Å². The molecule has 0 fully saturated rings. The van der Waals surface area contributed by atoms with Crippen LogP contribution >= 0.6 is 11.8 Å². The fourth-order valence-electron chi connectivity index (χ4n) is 2.82. The molecule has 1 aromatic heterocycles. The maximum absolute atomic E-state index is 12.3. The zero-order valence-electron chi connectivity index (χ0n) is 16.3. The number of hydrogen-bond acceptors (Lipinski definition) is 3. The topological polar surface area (TPSA) is 74.0 Å². The number of aromatic nitrogens is 1. The summed E-state index contributed by atoms with van der Waals surface area (Å²) in [5.74, 6) is 0.215. The van der Waals surface area contributed by atoms with Crippen LogP contribution in [0.3, 0.4) is 0 Å². The second kappa shape index (κ2) is 8.52. The Labute approximate surface area is 169 Å². The van der Waals surface area contributed by atoms with Crippen molar-refractivity contribution in [3.05, 3.63) is 54.7 Å². The highest BCUT2D eigenvalue weighted by molar-refractivity contribution is 8.00. The molecule has 5 nitrogen and oxygen atoms in total. The number of fused-ring (bicyclic) bond motifs is 1. The maximum Gasteiger partial charge on any atom is 0.234 e. The SMILES string of the molecule is CC(C)(C)CC(=O)Nc1cccc(SCC(=O)Nc2ccc3cc[nH]c3c2)c1. The summed E-state index contributed by atoms with van der Waals surface area (Å²) in [4.78, 5) is 28.4. The van der Waals surface area contributed by atoms with Crippen LogP contribution in [0.4, 0.5) is 11.4 Å².